The van der Waals surface area contributed by atoms with Crippen molar-refractivity contribution in [3.63, 3.8) is 0 Å². The van der Waals surface area contributed by atoms with Gasteiger partial charge in [0.2, 0.25) is 0 Å². The van der Waals surface area contributed by atoms with Gasteiger partial charge >= 0.3 is 0 Å². The van der Waals surface area contributed by atoms with Gasteiger partial charge in [-0.15, -0.1) is 0 Å². The number of aromatic nitrogens is 2. The Morgan fingerprint density at radius 3 is 2.50 bits per heavy atom. The minimum absolute atomic E-state index is 0.0949. The first-order valence-electron chi connectivity index (χ1n) is 8.91. The predicted molar refractivity (Wildman–Crippen MR) is 115 cm³/mol. The van der Waals surface area contributed by atoms with Crippen LogP contribution in [0.15, 0.2) is 79.1 Å². The van der Waals surface area contributed by atoms with E-state index in [1.165, 1.54) is 0 Å². The van der Waals surface area contributed by atoms with E-state index in [1.807, 2.05) is 67.6 Å². The van der Waals surface area contributed by atoms with Crippen LogP contribution in [0.25, 0.3) is 28.1 Å². The van der Waals surface area contributed by atoms with Gasteiger partial charge in [-0.05, 0) is 54.5 Å². The van der Waals surface area contributed by atoms with Crippen molar-refractivity contribution >= 4 is 34.4 Å². The van der Waals surface area contributed by atoms with Crippen LogP contribution >= 0.6 is 11.6 Å². The fourth-order valence-electron chi connectivity index (χ4n) is 3.29. The van der Waals surface area contributed by atoms with E-state index in [0.29, 0.717) is 16.3 Å². The molecule has 0 atom stereocenters. The highest BCUT2D eigenvalue weighted by Crippen LogP contribution is 2.34. The molecule has 0 aliphatic rings. The summed E-state index contributed by atoms with van der Waals surface area (Å²) in [5, 5.41) is 1.48. The largest absolute Gasteiger partial charge is 0.289 e. The quantitative estimate of drug-likeness (QED) is 0.313. The van der Waals surface area contributed by atoms with Crippen LogP contribution in [0, 0.1) is 6.92 Å². The second-order valence-corrected chi connectivity index (χ2v) is 6.89. The van der Waals surface area contributed by atoms with Gasteiger partial charge in [-0.3, -0.25) is 14.8 Å². The molecule has 136 valence electrons. The molecule has 3 nitrogen and oxygen atoms in total. The summed E-state index contributed by atoms with van der Waals surface area (Å²) in [6.45, 7) is 1.87. The third-order valence-electron chi connectivity index (χ3n) is 4.57. The van der Waals surface area contributed by atoms with Gasteiger partial charge in [0.25, 0.3) is 0 Å². The molecule has 2 aromatic heterocycles. The number of fused-ring (bicyclic) bond motifs is 1. The number of carbonyl (C=O) groups excluding carboxylic acids is 1. The Kier molecular flexibility index (Phi) is 5.00. The standard InChI is InChI=1S/C24H17ClN2O/c1-16-23(22(28)10-7-17-11-13-26-14-12-17)24(18-5-3-2-4-6-18)20-15-19(25)8-9-21(20)27-16/h2-15H,1H3/b10-7+. The summed E-state index contributed by atoms with van der Waals surface area (Å²) in [6, 6.07) is 19.2. The zero-order valence-corrected chi connectivity index (χ0v) is 16.0. The molecule has 4 heteroatoms. The van der Waals surface area contributed by atoms with Crippen molar-refractivity contribution in [2.24, 2.45) is 0 Å². The lowest BCUT2D eigenvalue weighted by atomic mass is 9.92. The van der Waals surface area contributed by atoms with Gasteiger partial charge in [-0.2, -0.15) is 0 Å². The number of aryl methyl sites for hydroxylation is 1. The highest BCUT2D eigenvalue weighted by molar-refractivity contribution is 6.31. The number of halogens is 1. The summed E-state index contributed by atoms with van der Waals surface area (Å²) in [4.78, 5) is 21.8. The highest BCUT2D eigenvalue weighted by Gasteiger charge is 2.19. The monoisotopic (exact) mass is 384 g/mol. The molecule has 0 spiro atoms. The zero-order chi connectivity index (χ0) is 19.5. The summed E-state index contributed by atoms with van der Waals surface area (Å²) >= 11 is 6.26. The fraction of sp³-hybridized carbons (Fsp3) is 0.0417. The lowest BCUT2D eigenvalue weighted by molar-refractivity contribution is 0.104. The molecule has 0 radical (unpaired) electrons. The van der Waals surface area contributed by atoms with Crippen molar-refractivity contribution in [2.75, 3.05) is 0 Å². The number of nitrogens with zero attached hydrogens (tertiary/aromatic N) is 2. The van der Waals surface area contributed by atoms with E-state index >= 15 is 0 Å². The molecule has 4 rings (SSSR count). The maximum absolute atomic E-state index is 13.2. The second kappa shape index (κ2) is 7.75. The number of benzene rings is 2. The summed E-state index contributed by atoms with van der Waals surface area (Å²) in [5.41, 5.74) is 4.83. The zero-order valence-electron chi connectivity index (χ0n) is 15.3. The number of allylic oxidation sites excluding steroid dienone is 1. The molecule has 0 aliphatic carbocycles. The molecule has 2 heterocycles. The van der Waals surface area contributed by atoms with E-state index in [0.717, 1.165) is 27.6 Å². The lowest BCUT2D eigenvalue weighted by Gasteiger charge is -2.14. The number of hydrogen-bond donors (Lipinski definition) is 0. The molecule has 0 amide bonds. The van der Waals surface area contributed by atoms with Crippen molar-refractivity contribution in [1.82, 2.24) is 9.97 Å². The molecule has 28 heavy (non-hydrogen) atoms. The van der Waals surface area contributed by atoms with Gasteiger partial charge in [0.05, 0.1) is 11.1 Å². The van der Waals surface area contributed by atoms with Crippen LogP contribution in [0.4, 0.5) is 0 Å². The van der Waals surface area contributed by atoms with Crippen LogP contribution < -0.4 is 0 Å². The predicted octanol–water partition coefficient (Wildman–Crippen LogP) is 6.15. The molecular weight excluding hydrogens is 368 g/mol. The molecule has 4 aromatic rings. The van der Waals surface area contributed by atoms with Gasteiger partial charge in [0, 0.05) is 34.1 Å². The molecule has 2 aromatic carbocycles. The van der Waals surface area contributed by atoms with Gasteiger partial charge in [0.1, 0.15) is 0 Å². The van der Waals surface area contributed by atoms with Gasteiger partial charge in [-0.1, -0.05) is 48.0 Å². The molecule has 0 saturated heterocycles. The van der Waals surface area contributed by atoms with Gasteiger partial charge < -0.3 is 0 Å². The van der Waals surface area contributed by atoms with Crippen LogP contribution in [0.1, 0.15) is 21.6 Å². The minimum Gasteiger partial charge on any atom is -0.289 e. The number of rotatable bonds is 4. The van der Waals surface area contributed by atoms with Gasteiger partial charge in [-0.25, -0.2) is 0 Å². The van der Waals surface area contributed by atoms with Gasteiger partial charge in [0.15, 0.2) is 5.78 Å². The number of hydrogen-bond acceptors (Lipinski definition) is 3. The highest BCUT2D eigenvalue weighted by atomic mass is 35.5. The van der Waals surface area contributed by atoms with Crippen molar-refractivity contribution in [2.45, 2.75) is 6.92 Å². The Hall–Kier alpha value is -3.30. The van der Waals surface area contributed by atoms with Crippen LogP contribution in [-0.4, -0.2) is 15.8 Å². The van der Waals surface area contributed by atoms with E-state index in [-0.39, 0.29) is 5.78 Å². The Labute approximate surface area is 168 Å². The van der Waals surface area contributed by atoms with E-state index in [9.17, 15) is 4.79 Å². The van der Waals surface area contributed by atoms with Crippen LogP contribution in [0.3, 0.4) is 0 Å². The Balaban J connectivity index is 1.93. The van der Waals surface area contributed by atoms with Crippen molar-refractivity contribution in [3.8, 4) is 11.1 Å². The minimum atomic E-state index is -0.0949. The number of ketones is 1. The Morgan fingerprint density at radius 1 is 1.00 bits per heavy atom. The average molecular weight is 385 g/mol. The maximum Gasteiger partial charge on any atom is 0.188 e. The SMILES string of the molecule is Cc1nc2ccc(Cl)cc2c(-c2ccccc2)c1C(=O)/C=C/c1ccncc1. The molecule has 0 bridgehead atoms. The average Bonchev–Trinajstić information content (AvgIpc) is 2.73. The third-order valence-corrected chi connectivity index (χ3v) is 4.81. The molecular formula is C24H17ClN2O. The third kappa shape index (κ3) is 3.57. The topological polar surface area (TPSA) is 42.9 Å². The molecule has 0 aliphatic heterocycles. The normalized spacial score (nSPS) is 11.2. The fourth-order valence-corrected chi connectivity index (χ4v) is 3.47. The van der Waals surface area contributed by atoms with E-state index < -0.39 is 0 Å². The Morgan fingerprint density at radius 2 is 1.75 bits per heavy atom. The van der Waals surface area contributed by atoms with Crippen molar-refractivity contribution in [1.29, 1.82) is 0 Å². The Bertz CT molecular complexity index is 1190. The lowest BCUT2D eigenvalue weighted by Crippen LogP contribution is -2.05. The smallest absolute Gasteiger partial charge is 0.188 e. The van der Waals surface area contributed by atoms with Crippen LogP contribution in [0.5, 0.6) is 0 Å². The number of pyridine rings is 2. The van der Waals surface area contributed by atoms with Crippen LogP contribution in [0.2, 0.25) is 5.02 Å². The summed E-state index contributed by atoms with van der Waals surface area (Å²) < 4.78 is 0. The van der Waals surface area contributed by atoms with E-state index in [2.05, 4.69) is 9.97 Å². The summed E-state index contributed by atoms with van der Waals surface area (Å²) in [6.07, 6.45) is 6.78. The van der Waals surface area contributed by atoms with E-state index in [1.54, 1.807) is 24.5 Å². The molecule has 0 saturated carbocycles. The molecule has 0 unspecified atom stereocenters. The first-order valence-corrected chi connectivity index (χ1v) is 9.29. The molecule has 0 fully saturated rings. The number of carbonyl (C=O) groups is 1. The maximum atomic E-state index is 13.2. The van der Waals surface area contributed by atoms with Crippen molar-refractivity contribution in [3.05, 3.63) is 101 Å². The van der Waals surface area contributed by atoms with Crippen LogP contribution in [-0.2, 0) is 0 Å². The van der Waals surface area contributed by atoms with E-state index in [4.69, 9.17) is 11.6 Å². The first-order chi connectivity index (χ1) is 13.6. The summed E-state index contributed by atoms with van der Waals surface area (Å²) in [5.74, 6) is -0.0949. The van der Waals surface area contributed by atoms with Crippen molar-refractivity contribution < 1.29 is 4.79 Å². The summed E-state index contributed by atoms with van der Waals surface area (Å²) in [7, 11) is 0. The molecule has 0 N–H and O–H groups in total. The second-order valence-electron chi connectivity index (χ2n) is 6.45. The first kappa shape index (κ1) is 18.1.